The van der Waals surface area contributed by atoms with Gasteiger partial charge in [-0.3, -0.25) is 0 Å². The Morgan fingerprint density at radius 2 is 2.50 bits per heavy atom. The van der Waals surface area contributed by atoms with E-state index in [1.165, 1.54) is 12.8 Å². The molecule has 0 aromatic carbocycles. The van der Waals surface area contributed by atoms with Crippen LogP contribution in [0.1, 0.15) is 12.8 Å². The number of rotatable bonds is 0. The minimum absolute atomic E-state index is 0.521. The zero-order valence-corrected chi connectivity index (χ0v) is 3.11. The maximum atomic E-state index is 5.26. The molecule has 2 heteroatoms. The first kappa shape index (κ1) is 4.19. The Morgan fingerprint density at radius 1 is 1.67 bits per heavy atom. The van der Waals surface area contributed by atoms with Crippen LogP contribution in [0, 0.1) is 0 Å². The van der Waals surface area contributed by atoms with Crippen LogP contribution in [0.4, 0.5) is 0 Å². The van der Waals surface area contributed by atoms with Crippen LogP contribution in [0.15, 0.2) is 0 Å². The van der Waals surface area contributed by atoms with Crippen molar-refractivity contribution in [1.82, 2.24) is 0 Å². The smallest absolute Gasteiger partial charge is 0.0424 e. The van der Waals surface area contributed by atoms with Crippen LogP contribution in [0.2, 0.25) is 0 Å². The highest BCUT2D eigenvalue weighted by atomic mass is 16.5. The monoisotopic (exact) mass is 85.1 g/mol. The van der Waals surface area contributed by atoms with Gasteiger partial charge in [-0.1, -0.05) is 12.4 Å². The standard InChI is InChI=1S/C4H10BO/c5-4-2-1-3-6-4/h4H,1-3H2,5H3/q-1. The third-order valence-electron chi connectivity index (χ3n) is 0.702. The molecule has 0 bridgehead atoms. The molecule has 0 aromatic heterocycles. The fourth-order valence-electron chi connectivity index (χ4n) is 0.417. The van der Waals surface area contributed by atoms with Gasteiger partial charge in [0.05, 0.1) is 0 Å². The molecule has 0 radical (unpaired) electrons. The van der Waals surface area contributed by atoms with Gasteiger partial charge < -0.3 is 4.74 Å². The van der Waals surface area contributed by atoms with E-state index in [1.54, 1.807) is 0 Å². The van der Waals surface area contributed by atoms with Gasteiger partial charge in [0.2, 0.25) is 0 Å². The first-order valence-corrected chi connectivity index (χ1v) is 1.93. The van der Waals surface area contributed by atoms with Crippen molar-refractivity contribution >= 4 is 7.85 Å². The van der Waals surface area contributed by atoms with Crippen LogP contribution in [0.5, 0.6) is 0 Å². The Morgan fingerprint density at radius 3 is 2.67 bits per heavy atom. The highest BCUT2D eigenvalue weighted by Gasteiger charge is 2.02. The van der Waals surface area contributed by atoms with Crippen molar-refractivity contribution in [3.05, 3.63) is 0 Å². The first-order valence-electron chi connectivity index (χ1n) is 1.93. The Hall–Kier alpha value is 0.0249. The fourth-order valence-corrected chi connectivity index (χ4v) is 0.417. The molecule has 0 amide bonds. The molecule has 1 atom stereocenters. The summed E-state index contributed by atoms with van der Waals surface area (Å²) >= 11 is 0. The Kier molecular flexibility index (Phi) is 1.15. The second-order valence-corrected chi connectivity index (χ2v) is 1.18. The average Bonchev–Trinajstić information content (AvgIpc) is 1.86. The molecule has 0 aliphatic carbocycles. The van der Waals surface area contributed by atoms with Gasteiger partial charge in [-0.2, -0.15) is 0 Å². The molecule has 1 nitrogen and oxygen atoms in total. The fraction of sp³-hybridized carbons (Fsp3) is 1.00. The third kappa shape index (κ3) is 0.746. The van der Waals surface area contributed by atoms with Gasteiger partial charge in [0.1, 0.15) is 0 Å². The van der Waals surface area contributed by atoms with E-state index < -0.39 is 0 Å². The highest BCUT2D eigenvalue weighted by molar-refractivity contribution is 6.11. The predicted molar refractivity (Wildman–Crippen MR) is 28.9 cm³/mol. The van der Waals surface area contributed by atoms with Gasteiger partial charge in [0.15, 0.2) is 0 Å². The highest BCUT2D eigenvalue weighted by Crippen LogP contribution is 2.06. The van der Waals surface area contributed by atoms with Crippen molar-refractivity contribution in [3.63, 3.8) is 0 Å². The zero-order valence-electron chi connectivity index (χ0n) is 3.11. The predicted octanol–water partition coefficient (Wildman–Crippen LogP) is -0.512. The van der Waals surface area contributed by atoms with Crippen molar-refractivity contribution < 1.29 is 4.74 Å². The first-order chi connectivity index (χ1) is 2.89. The molecular formula is C4H10BO-. The normalized spacial score (nSPS) is 34.5. The topological polar surface area (TPSA) is 9.23 Å². The van der Waals surface area contributed by atoms with Gasteiger partial charge >= 0.3 is 0 Å². The second kappa shape index (κ2) is 1.65. The molecule has 0 spiro atoms. The van der Waals surface area contributed by atoms with E-state index in [0.717, 1.165) is 12.6 Å². The summed E-state index contributed by atoms with van der Waals surface area (Å²) in [7, 11) is 0.521. The van der Waals surface area contributed by atoms with Crippen LogP contribution < -0.4 is 0 Å². The van der Waals surface area contributed by atoms with Crippen molar-refractivity contribution in [3.8, 4) is 0 Å². The van der Waals surface area contributed by atoms with Crippen molar-refractivity contribution in [2.45, 2.75) is 18.8 Å². The van der Waals surface area contributed by atoms with Gasteiger partial charge in [-0.25, -0.2) is 0 Å². The van der Waals surface area contributed by atoms with Gasteiger partial charge in [-0.05, 0) is 14.3 Å². The Balaban J connectivity index is 2.18. The molecule has 1 rings (SSSR count). The maximum Gasteiger partial charge on any atom is 0.0424 e. The summed E-state index contributed by atoms with van der Waals surface area (Å²) in [6, 6.07) is 0.796. The van der Waals surface area contributed by atoms with Gasteiger partial charge in [0, 0.05) is 6.61 Å². The van der Waals surface area contributed by atoms with E-state index >= 15 is 0 Å². The van der Waals surface area contributed by atoms with Crippen molar-refractivity contribution in [2.75, 3.05) is 6.61 Å². The minimum atomic E-state index is 0.521. The zero-order chi connectivity index (χ0) is 4.41. The third-order valence-corrected chi connectivity index (χ3v) is 0.702. The molecular weight excluding hydrogens is 74.9 g/mol. The van der Waals surface area contributed by atoms with E-state index in [0.29, 0.717) is 7.85 Å². The van der Waals surface area contributed by atoms with E-state index in [4.69, 9.17) is 4.74 Å². The van der Waals surface area contributed by atoms with Crippen LogP contribution >= 0.6 is 0 Å². The van der Waals surface area contributed by atoms with E-state index in [2.05, 4.69) is 0 Å². The molecule has 1 aliphatic heterocycles. The molecule has 36 valence electrons. The van der Waals surface area contributed by atoms with Gasteiger partial charge in [-0.15, -0.1) is 0 Å². The van der Waals surface area contributed by atoms with E-state index in [9.17, 15) is 0 Å². The molecule has 0 saturated carbocycles. The summed E-state index contributed by atoms with van der Waals surface area (Å²) < 4.78 is 5.26. The van der Waals surface area contributed by atoms with E-state index in [1.807, 2.05) is 0 Å². The SMILES string of the molecule is [BH3-]C1CCCO1. The largest absolute Gasteiger partial charge is 0.417 e. The summed E-state index contributed by atoms with van der Waals surface area (Å²) in [5.41, 5.74) is 0. The lowest BCUT2D eigenvalue weighted by molar-refractivity contribution is 0.168. The van der Waals surface area contributed by atoms with Gasteiger partial charge in [0.25, 0.3) is 0 Å². The lowest BCUT2D eigenvalue weighted by Gasteiger charge is -2.01. The molecule has 0 N–H and O–H groups in total. The van der Waals surface area contributed by atoms with Crippen LogP contribution in [0.25, 0.3) is 0 Å². The van der Waals surface area contributed by atoms with Crippen LogP contribution in [-0.2, 0) is 4.74 Å². The summed E-state index contributed by atoms with van der Waals surface area (Å²) in [4.78, 5) is 0. The minimum Gasteiger partial charge on any atom is -0.417 e. The molecule has 1 fully saturated rings. The summed E-state index contributed by atoms with van der Waals surface area (Å²) in [5.74, 6) is 0. The summed E-state index contributed by atoms with van der Waals surface area (Å²) in [5, 5.41) is 0. The number of hydrogen-bond donors (Lipinski definition) is 0. The average molecular weight is 84.9 g/mol. The molecule has 6 heavy (non-hydrogen) atoms. The number of ether oxygens (including phenoxy) is 1. The second-order valence-electron chi connectivity index (χ2n) is 1.18. The maximum absolute atomic E-state index is 5.26. The quantitative estimate of drug-likeness (QED) is 0.360. The lowest BCUT2D eigenvalue weighted by Crippen LogP contribution is -2.01. The summed E-state index contributed by atoms with van der Waals surface area (Å²) in [6.45, 7) is 1.05. The van der Waals surface area contributed by atoms with E-state index in [-0.39, 0.29) is 0 Å². The summed E-state index contributed by atoms with van der Waals surface area (Å²) in [6.07, 6.45) is 2.70. The lowest BCUT2D eigenvalue weighted by atomic mass is 9.98. The van der Waals surface area contributed by atoms with Crippen molar-refractivity contribution in [1.29, 1.82) is 0 Å². The van der Waals surface area contributed by atoms with Crippen LogP contribution in [0.3, 0.4) is 0 Å². The van der Waals surface area contributed by atoms with Crippen LogP contribution in [-0.4, -0.2) is 20.5 Å². The number of hydrogen-bond acceptors (Lipinski definition) is 1. The molecule has 1 heterocycles. The molecule has 1 saturated heterocycles. The molecule has 1 unspecified atom stereocenters. The molecule has 1 aliphatic rings. The Bertz CT molecular complexity index is 40.8. The van der Waals surface area contributed by atoms with Crippen molar-refractivity contribution in [2.24, 2.45) is 0 Å². The Labute approximate surface area is 39.1 Å². The molecule has 0 aromatic rings.